The Kier molecular flexibility index (Phi) is 5.92. The van der Waals surface area contributed by atoms with Gasteiger partial charge >= 0.3 is 5.97 Å². The molecule has 35 heavy (non-hydrogen) atoms. The van der Waals surface area contributed by atoms with Gasteiger partial charge in [0.2, 0.25) is 0 Å². The first-order valence-electron chi connectivity index (χ1n) is 11.3. The number of rotatable bonds is 4. The zero-order valence-corrected chi connectivity index (χ0v) is 20.7. The standard InChI is InChI=1S/C27H28N4O4/c1-26(2,3)18-15-20(27(4,5)6)24(35-25(32)17-11-13-19(14-12-17)31(33)34)23(16-18)30-28-21-9-7-8-10-22(21)29-30/h7-16H,1-6H3. The maximum Gasteiger partial charge on any atom is 0.343 e. The lowest BCUT2D eigenvalue weighted by molar-refractivity contribution is -0.384. The number of fused-ring (bicyclic) bond motifs is 1. The summed E-state index contributed by atoms with van der Waals surface area (Å²) in [5.41, 5.74) is 3.44. The molecule has 4 rings (SSSR count). The number of nitro benzene ring substituents is 1. The molecule has 4 aromatic rings. The number of aromatic nitrogens is 3. The van der Waals surface area contributed by atoms with Gasteiger partial charge in [-0.25, -0.2) is 4.79 Å². The van der Waals surface area contributed by atoms with E-state index in [0.29, 0.717) is 11.4 Å². The van der Waals surface area contributed by atoms with Crippen molar-refractivity contribution in [2.45, 2.75) is 52.4 Å². The molecule has 0 N–H and O–H groups in total. The molecule has 0 atom stereocenters. The SMILES string of the molecule is CC(C)(C)c1cc(-n2nc3ccccc3n2)c(OC(=O)c2ccc([N+](=O)[O-])cc2)c(C(C)(C)C)c1. The van der Waals surface area contributed by atoms with Crippen LogP contribution in [0.25, 0.3) is 16.7 Å². The fraction of sp³-hybridized carbons (Fsp3) is 0.296. The van der Waals surface area contributed by atoms with E-state index < -0.39 is 10.9 Å². The normalized spacial score (nSPS) is 12.1. The number of esters is 1. The lowest BCUT2D eigenvalue weighted by atomic mass is 9.79. The Balaban J connectivity index is 1.91. The van der Waals surface area contributed by atoms with E-state index >= 15 is 0 Å². The lowest BCUT2D eigenvalue weighted by Crippen LogP contribution is -2.22. The summed E-state index contributed by atoms with van der Waals surface area (Å²) in [4.78, 5) is 25.2. The smallest absolute Gasteiger partial charge is 0.343 e. The maximum absolute atomic E-state index is 13.2. The number of hydrogen-bond acceptors (Lipinski definition) is 6. The molecule has 8 nitrogen and oxygen atoms in total. The van der Waals surface area contributed by atoms with Crippen LogP contribution < -0.4 is 4.74 Å². The first-order valence-corrected chi connectivity index (χ1v) is 11.3. The summed E-state index contributed by atoms with van der Waals surface area (Å²) in [5, 5.41) is 20.3. The third kappa shape index (κ3) is 4.91. The molecule has 0 bridgehead atoms. The third-order valence-electron chi connectivity index (χ3n) is 5.75. The van der Waals surface area contributed by atoms with Crippen molar-refractivity contribution in [2.24, 2.45) is 0 Å². The summed E-state index contributed by atoms with van der Waals surface area (Å²) < 4.78 is 6.00. The van der Waals surface area contributed by atoms with E-state index in [4.69, 9.17) is 4.74 Å². The van der Waals surface area contributed by atoms with Gasteiger partial charge in [-0.1, -0.05) is 59.7 Å². The molecule has 0 saturated carbocycles. The Bertz CT molecular complexity index is 1390. The molecule has 0 spiro atoms. The van der Waals surface area contributed by atoms with E-state index in [0.717, 1.165) is 22.2 Å². The highest BCUT2D eigenvalue weighted by Gasteiger charge is 2.29. The molecule has 0 aliphatic rings. The van der Waals surface area contributed by atoms with Crippen molar-refractivity contribution in [2.75, 3.05) is 0 Å². The zero-order chi connectivity index (χ0) is 25.5. The minimum absolute atomic E-state index is 0.0976. The van der Waals surface area contributed by atoms with Crippen molar-refractivity contribution in [3.63, 3.8) is 0 Å². The monoisotopic (exact) mass is 472 g/mol. The minimum atomic E-state index is -0.619. The Morgan fingerprint density at radius 2 is 1.46 bits per heavy atom. The van der Waals surface area contributed by atoms with Crippen LogP contribution in [0.1, 0.15) is 63.0 Å². The van der Waals surface area contributed by atoms with Crippen molar-refractivity contribution >= 4 is 22.7 Å². The molecule has 1 heterocycles. The van der Waals surface area contributed by atoms with E-state index in [1.54, 1.807) is 0 Å². The predicted molar refractivity (Wildman–Crippen MR) is 134 cm³/mol. The van der Waals surface area contributed by atoms with E-state index in [1.165, 1.54) is 29.1 Å². The summed E-state index contributed by atoms with van der Waals surface area (Å²) in [6.07, 6.45) is 0. The van der Waals surface area contributed by atoms with Gasteiger partial charge in [-0.2, -0.15) is 0 Å². The van der Waals surface area contributed by atoms with E-state index in [-0.39, 0.29) is 22.1 Å². The highest BCUT2D eigenvalue weighted by atomic mass is 16.6. The van der Waals surface area contributed by atoms with Gasteiger partial charge in [0.25, 0.3) is 5.69 Å². The number of non-ortho nitro benzene ring substituents is 1. The van der Waals surface area contributed by atoms with Crippen molar-refractivity contribution in [3.8, 4) is 11.4 Å². The molecule has 8 heteroatoms. The van der Waals surface area contributed by atoms with Crippen molar-refractivity contribution in [1.29, 1.82) is 0 Å². The molecule has 0 saturated heterocycles. The van der Waals surface area contributed by atoms with Crippen LogP contribution in [0, 0.1) is 10.1 Å². The molecule has 1 aromatic heterocycles. The van der Waals surface area contributed by atoms with Crippen LogP contribution in [0.5, 0.6) is 5.75 Å². The topological polar surface area (TPSA) is 100 Å². The number of benzene rings is 3. The third-order valence-corrected chi connectivity index (χ3v) is 5.75. The fourth-order valence-corrected chi connectivity index (χ4v) is 3.70. The predicted octanol–water partition coefficient (Wildman–Crippen LogP) is 6.14. The Hall–Kier alpha value is -4.07. The van der Waals surface area contributed by atoms with Gasteiger partial charge < -0.3 is 4.74 Å². The average molecular weight is 473 g/mol. The van der Waals surface area contributed by atoms with Gasteiger partial charge in [0, 0.05) is 17.7 Å². The van der Waals surface area contributed by atoms with Crippen molar-refractivity contribution < 1.29 is 14.5 Å². The van der Waals surface area contributed by atoms with Gasteiger partial charge in [0.05, 0.1) is 10.5 Å². The Morgan fingerprint density at radius 3 is 1.94 bits per heavy atom. The summed E-state index contributed by atoms with van der Waals surface area (Å²) >= 11 is 0. The number of ether oxygens (including phenoxy) is 1. The van der Waals surface area contributed by atoms with Crippen molar-refractivity contribution in [3.05, 3.63) is 87.5 Å². The highest BCUT2D eigenvalue weighted by molar-refractivity contribution is 5.92. The summed E-state index contributed by atoms with van der Waals surface area (Å²) in [7, 11) is 0. The molecule has 0 radical (unpaired) electrons. The Morgan fingerprint density at radius 1 is 0.886 bits per heavy atom. The number of carbonyl (C=O) groups is 1. The van der Waals surface area contributed by atoms with E-state index in [1.807, 2.05) is 30.3 Å². The molecule has 0 aliphatic carbocycles. The summed E-state index contributed by atoms with van der Waals surface area (Å²) in [6, 6.07) is 16.9. The lowest BCUT2D eigenvalue weighted by Gasteiger charge is -2.28. The number of hydrogen-bond donors (Lipinski definition) is 0. The molecule has 3 aromatic carbocycles. The van der Waals surface area contributed by atoms with Crippen LogP contribution in [0.15, 0.2) is 60.7 Å². The largest absolute Gasteiger partial charge is 0.420 e. The van der Waals surface area contributed by atoms with Crippen LogP contribution in [0.3, 0.4) is 0 Å². The molecule has 0 fully saturated rings. The van der Waals surface area contributed by atoms with Crippen LogP contribution in [-0.4, -0.2) is 25.9 Å². The molecule has 180 valence electrons. The number of nitrogens with zero attached hydrogens (tertiary/aromatic N) is 4. The highest BCUT2D eigenvalue weighted by Crippen LogP contribution is 2.40. The minimum Gasteiger partial charge on any atom is -0.420 e. The average Bonchev–Trinajstić information content (AvgIpc) is 3.21. The summed E-state index contributed by atoms with van der Waals surface area (Å²) in [5.74, 6) is -0.263. The number of carbonyl (C=O) groups excluding carboxylic acids is 1. The van der Waals surface area contributed by atoms with Crippen LogP contribution in [0.4, 0.5) is 5.69 Å². The molecule has 0 aliphatic heterocycles. The van der Waals surface area contributed by atoms with Crippen LogP contribution in [-0.2, 0) is 10.8 Å². The second kappa shape index (κ2) is 8.61. The van der Waals surface area contributed by atoms with Gasteiger partial charge in [0.1, 0.15) is 16.7 Å². The van der Waals surface area contributed by atoms with E-state index in [2.05, 4.69) is 57.8 Å². The second-order valence-corrected chi connectivity index (χ2v) is 10.5. The Labute approximate surface area is 203 Å². The maximum atomic E-state index is 13.2. The van der Waals surface area contributed by atoms with E-state index in [9.17, 15) is 14.9 Å². The first kappa shape index (κ1) is 24.1. The van der Waals surface area contributed by atoms with Crippen molar-refractivity contribution in [1.82, 2.24) is 15.0 Å². The van der Waals surface area contributed by atoms with Gasteiger partial charge in [-0.3, -0.25) is 10.1 Å². The van der Waals surface area contributed by atoms with Gasteiger partial charge in [0.15, 0.2) is 5.75 Å². The quantitative estimate of drug-likeness (QED) is 0.153. The molecule has 0 amide bonds. The van der Waals surface area contributed by atoms with Gasteiger partial charge in [-0.05, 0) is 46.7 Å². The molecule has 0 unspecified atom stereocenters. The fourth-order valence-electron chi connectivity index (χ4n) is 3.70. The first-order chi connectivity index (χ1) is 16.3. The van der Waals surface area contributed by atoms with Crippen LogP contribution >= 0.6 is 0 Å². The molecular weight excluding hydrogens is 444 g/mol. The second-order valence-electron chi connectivity index (χ2n) is 10.5. The summed E-state index contributed by atoms with van der Waals surface area (Å²) in [6.45, 7) is 12.5. The zero-order valence-electron chi connectivity index (χ0n) is 20.7. The molecular formula is C27H28N4O4. The number of nitro groups is 1. The van der Waals surface area contributed by atoms with Gasteiger partial charge in [-0.15, -0.1) is 15.0 Å². The van der Waals surface area contributed by atoms with Crippen LogP contribution in [0.2, 0.25) is 0 Å².